The summed E-state index contributed by atoms with van der Waals surface area (Å²) in [6.45, 7) is 2.25. The highest BCUT2D eigenvalue weighted by atomic mass is 32.2. The van der Waals surface area contributed by atoms with Gasteiger partial charge in [0, 0.05) is 22.8 Å². The number of anilines is 1. The Kier molecular flexibility index (Phi) is 5.90. The van der Waals surface area contributed by atoms with E-state index < -0.39 is 10.0 Å². The fraction of sp³-hybridized carbons (Fsp3) is 0.412. The van der Waals surface area contributed by atoms with Gasteiger partial charge in [-0.05, 0) is 44.0 Å². The first-order valence-corrected chi connectivity index (χ1v) is 10.9. The third-order valence-corrected chi connectivity index (χ3v) is 6.67. The third-order valence-electron chi connectivity index (χ3n) is 4.17. The van der Waals surface area contributed by atoms with Gasteiger partial charge < -0.3 is 10.6 Å². The number of carbonyl (C=O) groups excluding carboxylic acids is 1. The molecule has 0 spiro atoms. The molecule has 0 atom stereocenters. The van der Waals surface area contributed by atoms with Crippen molar-refractivity contribution in [3.05, 3.63) is 40.3 Å². The lowest BCUT2D eigenvalue weighted by Gasteiger charge is -2.13. The molecule has 0 radical (unpaired) electrons. The van der Waals surface area contributed by atoms with E-state index in [0.717, 1.165) is 36.4 Å². The topological polar surface area (TPSA) is 100 Å². The second kappa shape index (κ2) is 8.15. The van der Waals surface area contributed by atoms with Crippen LogP contribution in [0, 0.1) is 6.92 Å². The van der Waals surface area contributed by atoms with Crippen LogP contribution in [0.1, 0.15) is 36.4 Å². The Hall–Kier alpha value is -1.97. The lowest BCUT2D eigenvalue weighted by atomic mass is 10.3. The normalized spacial score (nSPS) is 15.1. The van der Waals surface area contributed by atoms with E-state index in [2.05, 4.69) is 20.3 Å². The van der Waals surface area contributed by atoms with Crippen molar-refractivity contribution < 1.29 is 13.2 Å². The molecule has 1 aromatic carbocycles. The second-order valence-corrected chi connectivity index (χ2v) is 8.97. The molecule has 3 N–H and O–H groups in total. The van der Waals surface area contributed by atoms with Crippen molar-refractivity contribution in [2.75, 3.05) is 5.32 Å². The fourth-order valence-corrected chi connectivity index (χ4v) is 4.88. The van der Waals surface area contributed by atoms with Crippen LogP contribution < -0.4 is 15.4 Å². The highest BCUT2D eigenvalue weighted by molar-refractivity contribution is 7.89. The Morgan fingerprint density at radius 1 is 1.23 bits per heavy atom. The maximum absolute atomic E-state index is 12.4. The molecule has 1 saturated carbocycles. The van der Waals surface area contributed by atoms with Crippen molar-refractivity contribution in [2.24, 2.45) is 0 Å². The Bertz CT molecular complexity index is 856. The first-order valence-electron chi connectivity index (χ1n) is 8.51. The molecule has 1 aliphatic rings. The summed E-state index contributed by atoms with van der Waals surface area (Å²) < 4.78 is 27.5. The molecule has 7 nitrogen and oxygen atoms in total. The van der Waals surface area contributed by atoms with E-state index >= 15 is 0 Å². The predicted molar refractivity (Wildman–Crippen MR) is 102 cm³/mol. The van der Waals surface area contributed by atoms with Gasteiger partial charge in [0.25, 0.3) is 0 Å². The van der Waals surface area contributed by atoms with Gasteiger partial charge in [0.2, 0.25) is 10.0 Å². The maximum Gasteiger partial charge on any atom is 0.319 e. The van der Waals surface area contributed by atoms with Crippen molar-refractivity contribution in [1.82, 2.24) is 15.0 Å². The number of aromatic nitrogens is 1. The number of sulfonamides is 1. The maximum atomic E-state index is 12.4. The fourth-order valence-electron chi connectivity index (χ4n) is 2.86. The summed E-state index contributed by atoms with van der Waals surface area (Å²) in [5, 5.41) is 8.16. The monoisotopic (exact) mass is 394 g/mol. The number of urea groups is 1. The van der Waals surface area contributed by atoms with Gasteiger partial charge in [-0.1, -0.05) is 12.8 Å². The molecule has 1 aromatic heterocycles. The zero-order valence-corrected chi connectivity index (χ0v) is 16.1. The van der Waals surface area contributed by atoms with Gasteiger partial charge in [0.1, 0.15) is 5.01 Å². The third kappa shape index (κ3) is 5.03. The van der Waals surface area contributed by atoms with Crippen molar-refractivity contribution in [2.45, 2.75) is 50.1 Å². The van der Waals surface area contributed by atoms with Crippen LogP contribution in [0.2, 0.25) is 0 Å². The van der Waals surface area contributed by atoms with Crippen LogP contribution >= 0.6 is 11.3 Å². The van der Waals surface area contributed by atoms with Gasteiger partial charge in [-0.25, -0.2) is 22.9 Å². The van der Waals surface area contributed by atoms with Crippen molar-refractivity contribution in [3.63, 3.8) is 0 Å². The standard InChI is InChI=1S/C17H22N4O3S2/c1-12-11-25-16(19-12)10-18-17(22)20-13-6-8-15(9-7-13)26(23,24)21-14-4-2-3-5-14/h6-9,11,14,21H,2-5,10H2,1H3,(H2,18,20,22). The first kappa shape index (κ1) is 18.8. The van der Waals surface area contributed by atoms with Gasteiger partial charge in [0.05, 0.1) is 11.4 Å². The smallest absolute Gasteiger partial charge is 0.319 e. The molecule has 0 aliphatic heterocycles. The number of thiazole rings is 1. The molecule has 1 fully saturated rings. The summed E-state index contributed by atoms with van der Waals surface area (Å²) in [5.41, 5.74) is 1.45. The molecule has 2 amide bonds. The number of nitrogens with zero attached hydrogens (tertiary/aromatic N) is 1. The number of carbonyl (C=O) groups is 1. The SMILES string of the molecule is Cc1csc(CNC(=O)Nc2ccc(S(=O)(=O)NC3CCCC3)cc2)n1. The average Bonchev–Trinajstić information content (AvgIpc) is 3.25. The number of benzene rings is 1. The van der Waals surface area contributed by atoms with E-state index in [-0.39, 0.29) is 17.0 Å². The summed E-state index contributed by atoms with van der Waals surface area (Å²) in [5.74, 6) is 0. The van der Waals surface area contributed by atoms with E-state index in [1.54, 1.807) is 12.1 Å². The van der Waals surface area contributed by atoms with E-state index in [4.69, 9.17) is 0 Å². The molecule has 0 bridgehead atoms. The summed E-state index contributed by atoms with van der Waals surface area (Å²) in [6.07, 6.45) is 3.90. The van der Waals surface area contributed by atoms with Gasteiger partial charge >= 0.3 is 6.03 Å². The van der Waals surface area contributed by atoms with Gasteiger partial charge in [-0.2, -0.15) is 0 Å². The van der Waals surface area contributed by atoms with E-state index in [0.29, 0.717) is 12.2 Å². The quantitative estimate of drug-likeness (QED) is 0.701. The number of rotatable bonds is 6. The molecule has 3 rings (SSSR count). The van der Waals surface area contributed by atoms with Gasteiger partial charge in [-0.15, -0.1) is 11.3 Å². The molecule has 1 heterocycles. The highest BCUT2D eigenvalue weighted by Crippen LogP contribution is 2.21. The van der Waals surface area contributed by atoms with Crippen molar-refractivity contribution in [3.8, 4) is 0 Å². The second-order valence-electron chi connectivity index (χ2n) is 6.32. The molecular weight excluding hydrogens is 372 g/mol. The zero-order chi connectivity index (χ0) is 18.6. The zero-order valence-electron chi connectivity index (χ0n) is 14.5. The Balaban J connectivity index is 1.54. The molecule has 0 unspecified atom stereocenters. The average molecular weight is 395 g/mol. The number of amides is 2. The van der Waals surface area contributed by atoms with Crippen molar-refractivity contribution >= 4 is 33.1 Å². The van der Waals surface area contributed by atoms with Crippen molar-refractivity contribution in [1.29, 1.82) is 0 Å². The molecule has 9 heteroatoms. The summed E-state index contributed by atoms with van der Waals surface area (Å²) in [4.78, 5) is 16.4. The molecule has 1 aliphatic carbocycles. The van der Waals surface area contributed by atoms with Crippen LogP contribution in [-0.2, 0) is 16.6 Å². The number of aryl methyl sites for hydroxylation is 1. The first-order chi connectivity index (χ1) is 12.4. The predicted octanol–water partition coefficient (Wildman–Crippen LogP) is 2.99. The molecular formula is C17H22N4O3S2. The minimum atomic E-state index is -3.52. The minimum Gasteiger partial charge on any atom is -0.331 e. The van der Waals surface area contributed by atoms with Crippen LogP contribution in [0.4, 0.5) is 10.5 Å². The Labute approximate surface area is 157 Å². The highest BCUT2D eigenvalue weighted by Gasteiger charge is 2.22. The largest absolute Gasteiger partial charge is 0.331 e. The Morgan fingerprint density at radius 3 is 2.54 bits per heavy atom. The summed E-state index contributed by atoms with van der Waals surface area (Å²) >= 11 is 1.49. The van der Waals surface area contributed by atoms with Crippen LogP contribution in [0.15, 0.2) is 34.5 Å². The van der Waals surface area contributed by atoms with Crippen LogP contribution in [-0.4, -0.2) is 25.5 Å². The number of hydrogen-bond acceptors (Lipinski definition) is 5. The van der Waals surface area contributed by atoms with E-state index in [1.807, 2.05) is 12.3 Å². The van der Waals surface area contributed by atoms with E-state index in [9.17, 15) is 13.2 Å². The van der Waals surface area contributed by atoms with Gasteiger partial charge in [0.15, 0.2) is 0 Å². The molecule has 26 heavy (non-hydrogen) atoms. The van der Waals surface area contributed by atoms with E-state index in [1.165, 1.54) is 23.5 Å². The molecule has 0 saturated heterocycles. The number of hydrogen-bond donors (Lipinski definition) is 3. The molecule has 2 aromatic rings. The minimum absolute atomic E-state index is 0.0260. The van der Waals surface area contributed by atoms with Crippen LogP contribution in [0.5, 0.6) is 0 Å². The lowest BCUT2D eigenvalue weighted by molar-refractivity contribution is 0.251. The Morgan fingerprint density at radius 2 is 1.92 bits per heavy atom. The lowest BCUT2D eigenvalue weighted by Crippen LogP contribution is -2.32. The summed E-state index contributed by atoms with van der Waals surface area (Å²) in [6, 6.07) is 5.82. The number of nitrogens with one attached hydrogen (secondary N) is 3. The molecule has 140 valence electrons. The van der Waals surface area contributed by atoms with Gasteiger partial charge in [-0.3, -0.25) is 0 Å². The van der Waals surface area contributed by atoms with Crippen LogP contribution in [0.3, 0.4) is 0 Å². The van der Waals surface area contributed by atoms with Crippen LogP contribution in [0.25, 0.3) is 0 Å². The summed E-state index contributed by atoms with van der Waals surface area (Å²) in [7, 11) is -3.52.